The third-order valence-electron chi connectivity index (χ3n) is 3.31. The lowest BCUT2D eigenvalue weighted by atomic mass is 10.1. The first-order chi connectivity index (χ1) is 9.63. The van der Waals surface area contributed by atoms with E-state index >= 15 is 0 Å². The summed E-state index contributed by atoms with van der Waals surface area (Å²) < 4.78 is 5.22. The van der Waals surface area contributed by atoms with Gasteiger partial charge in [-0.15, -0.1) is 0 Å². The number of nitro benzene ring substituents is 1. The second-order valence-electron chi connectivity index (χ2n) is 4.65. The summed E-state index contributed by atoms with van der Waals surface area (Å²) >= 11 is 0. The predicted molar refractivity (Wildman–Crippen MR) is 73.9 cm³/mol. The summed E-state index contributed by atoms with van der Waals surface area (Å²) in [7, 11) is 1.58. The molecule has 1 atom stereocenters. The van der Waals surface area contributed by atoms with Crippen molar-refractivity contribution in [1.82, 2.24) is 5.32 Å². The number of hydrogen-bond donors (Lipinski definition) is 2. The molecule has 0 aromatic heterocycles. The molecule has 108 valence electrons. The highest BCUT2D eigenvalue weighted by Crippen LogP contribution is 2.28. The largest absolute Gasteiger partial charge is 0.383 e. The van der Waals surface area contributed by atoms with Crippen LogP contribution < -0.4 is 10.6 Å². The molecule has 1 fully saturated rings. The molecule has 1 aromatic rings. The maximum absolute atomic E-state index is 12.1. The van der Waals surface area contributed by atoms with Crippen LogP contribution in [0, 0.1) is 16.0 Å². The minimum absolute atomic E-state index is 0.0702. The van der Waals surface area contributed by atoms with Gasteiger partial charge >= 0.3 is 5.69 Å². The van der Waals surface area contributed by atoms with Gasteiger partial charge in [0.05, 0.1) is 11.5 Å². The molecule has 7 nitrogen and oxygen atoms in total. The van der Waals surface area contributed by atoms with Crippen molar-refractivity contribution in [2.24, 2.45) is 5.92 Å². The monoisotopic (exact) mass is 279 g/mol. The first-order valence-electron chi connectivity index (χ1n) is 6.44. The van der Waals surface area contributed by atoms with E-state index in [1.165, 1.54) is 6.07 Å². The van der Waals surface area contributed by atoms with E-state index in [-0.39, 0.29) is 17.2 Å². The quantitative estimate of drug-likeness (QED) is 0.627. The van der Waals surface area contributed by atoms with Crippen LogP contribution in [0.2, 0.25) is 0 Å². The van der Waals surface area contributed by atoms with Crippen LogP contribution in [0.1, 0.15) is 16.8 Å². The first-order valence-corrected chi connectivity index (χ1v) is 6.44. The molecule has 2 rings (SSSR count). The van der Waals surface area contributed by atoms with E-state index in [2.05, 4.69) is 10.6 Å². The number of para-hydroxylation sites is 1. The highest BCUT2D eigenvalue weighted by Gasteiger charge is 2.25. The zero-order chi connectivity index (χ0) is 14.5. The van der Waals surface area contributed by atoms with Crippen molar-refractivity contribution in [2.75, 3.05) is 32.1 Å². The zero-order valence-corrected chi connectivity index (χ0v) is 11.2. The summed E-state index contributed by atoms with van der Waals surface area (Å²) in [5, 5.41) is 16.6. The number of rotatable bonds is 5. The normalized spacial score (nSPS) is 17.8. The third-order valence-corrected chi connectivity index (χ3v) is 3.31. The van der Waals surface area contributed by atoms with Gasteiger partial charge in [0.25, 0.3) is 5.91 Å². The number of carbonyl (C=O) groups is 1. The highest BCUT2D eigenvalue weighted by molar-refractivity contribution is 6.00. The summed E-state index contributed by atoms with van der Waals surface area (Å²) in [4.78, 5) is 22.7. The van der Waals surface area contributed by atoms with Gasteiger partial charge in [-0.05, 0) is 18.6 Å². The fourth-order valence-corrected chi connectivity index (χ4v) is 2.20. The van der Waals surface area contributed by atoms with Crippen molar-refractivity contribution in [3.63, 3.8) is 0 Å². The molecule has 1 heterocycles. The topological polar surface area (TPSA) is 93.5 Å². The van der Waals surface area contributed by atoms with Gasteiger partial charge in [0, 0.05) is 26.1 Å². The summed E-state index contributed by atoms with van der Waals surface area (Å²) in [6.45, 7) is 1.80. The second kappa shape index (κ2) is 6.33. The van der Waals surface area contributed by atoms with Crippen LogP contribution in [0.4, 0.5) is 11.4 Å². The number of nitrogens with zero attached hydrogens (tertiary/aromatic N) is 1. The fourth-order valence-electron chi connectivity index (χ4n) is 2.20. The Labute approximate surface area is 116 Å². The van der Waals surface area contributed by atoms with Crippen molar-refractivity contribution < 1.29 is 14.5 Å². The number of ether oxygens (including phenoxy) is 1. The van der Waals surface area contributed by atoms with Gasteiger partial charge in [-0.3, -0.25) is 14.9 Å². The number of benzene rings is 1. The number of nitro groups is 1. The maximum Gasteiger partial charge on any atom is 0.305 e. The SMILES string of the molecule is CNc1cccc(C(=O)NCC2CCOC2)c1[N+](=O)[O-]. The second-order valence-corrected chi connectivity index (χ2v) is 4.65. The van der Waals surface area contributed by atoms with E-state index in [0.717, 1.165) is 6.42 Å². The standard InChI is InChI=1S/C13H17N3O4/c1-14-11-4-2-3-10(12(11)16(18)19)13(17)15-7-9-5-6-20-8-9/h2-4,9,14H,5-8H2,1H3,(H,15,17). The smallest absolute Gasteiger partial charge is 0.305 e. The van der Waals surface area contributed by atoms with E-state index in [9.17, 15) is 14.9 Å². The Morgan fingerprint density at radius 3 is 2.95 bits per heavy atom. The van der Waals surface area contributed by atoms with E-state index < -0.39 is 10.8 Å². The van der Waals surface area contributed by atoms with Crippen molar-refractivity contribution in [3.05, 3.63) is 33.9 Å². The molecule has 1 aromatic carbocycles. The first kappa shape index (κ1) is 14.3. The summed E-state index contributed by atoms with van der Waals surface area (Å²) in [6.07, 6.45) is 0.902. The van der Waals surface area contributed by atoms with Gasteiger partial charge in [-0.2, -0.15) is 0 Å². The molecule has 0 spiro atoms. The molecule has 0 aliphatic carbocycles. The molecule has 0 radical (unpaired) electrons. The van der Waals surface area contributed by atoms with Crippen LogP contribution in [0.15, 0.2) is 18.2 Å². The molecular weight excluding hydrogens is 262 g/mol. The average molecular weight is 279 g/mol. The molecule has 1 aliphatic rings. The lowest BCUT2D eigenvalue weighted by Gasteiger charge is -2.11. The Hall–Kier alpha value is -2.15. The van der Waals surface area contributed by atoms with E-state index in [0.29, 0.717) is 25.4 Å². The van der Waals surface area contributed by atoms with Crippen molar-refractivity contribution in [1.29, 1.82) is 0 Å². The molecular formula is C13H17N3O4. The minimum Gasteiger partial charge on any atom is -0.383 e. The zero-order valence-electron chi connectivity index (χ0n) is 11.2. The van der Waals surface area contributed by atoms with Gasteiger partial charge in [0.15, 0.2) is 0 Å². The molecule has 20 heavy (non-hydrogen) atoms. The van der Waals surface area contributed by atoms with E-state index in [1.807, 2.05) is 0 Å². The predicted octanol–water partition coefficient (Wildman–Crippen LogP) is 1.40. The molecule has 1 amide bonds. The van der Waals surface area contributed by atoms with Crippen molar-refractivity contribution in [3.8, 4) is 0 Å². The maximum atomic E-state index is 12.1. The Balaban J connectivity index is 2.14. The average Bonchev–Trinajstić information content (AvgIpc) is 2.96. The Morgan fingerprint density at radius 1 is 1.55 bits per heavy atom. The lowest BCUT2D eigenvalue weighted by Crippen LogP contribution is -2.30. The highest BCUT2D eigenvalue weighted by atomic mass is 16.6. The Kier molecular flexibility index (Phi) is 4.52. The van der Waals surface area contributed by atoms with E-state index in [4.69, 9.17) is 4.74 Å². The molecule has 1 unspecified atom stereocenters. The van der Waals surface area contributed by atoms with Crippen molar-refractivity contribution in [2.45, 2.75) is 6.42 Å². The third kappa shape index (κ3) is 3.05. The molecule has 2 N–H and O–H groups in total. The fraction of sp³-hybridized carbons (Fsp3) is 0.462. The van der Waals surface area contributed by atoms with E-state index in [1.54, 1.807) is 19.2 Å². The molecule has 1 saturated heterocycles. The van der Waals surface area contributed by atoms with Crippen LogP contribution >= 0.6 is 0 Å². The van der Waals surface area contributed by atoms with Crippen LogP contribution in [0.25, 0.3) is 0 Å². The number of hydrogen-bond acceptors (Lipinski definition) is 5. The Bertz CT molecular complexity index is 512. The van der Waals surface area contributed by atoms with Crippen molar-refractivity contribution >= 4 is 17.3 Å². The number of amides is 1. The van der Waals surface area contributed by atoms with Crippen LogP contribution in [0.3, 0.4) is 0 Å². The summed E-state index contributed by atoms with van der Waals surface area (Å²) in [5.41, 5.74) is 0.197. The van der Waals surface area contributed by atoms with Crippen LogP contribution in [-0.2, 0) is 4.74 Å². The van der Waals surface area contributed by atoms with Gasteiger partial charge in [0.1, 0.15) is 11.3 Å². The number of carbonyl (C=O) groups excluding carboxylic acids is 1. The number of nitrogens with one attached hydrogen (secondary N) is 2. The molecule has 1 aliphatic heterocycles. The minimum atomic E-state index is -0.542. The van der Waals surface area contributed by atoms with Gasteiger partial charge in [-0.1, -0.05) is 6.07 Å². The summed E-state index contributed by atoms with van der Waals surface area (Å²) in [6, 6.07) is 4.64. The molecule has 0 saturated carbocycles. The van der Waals surface area contributed by atoms with Crippen LogP contribution in [-0.4, -0.2) is 37.6 Å². The van der Waals surface area contributed by atoms with Gasteiger partial charge < -0.3 is 15.4 Å². The van der Waals surface area contributed by atoms with Gasteiger partial charge in [0.2, 0.25) is 0 Å². The number of anilines is 1. The Morgan fingerprint density at radius 2 is 2.35 bits per heavy atom. The lowest BCUT2D eigenvalue weighted by molar-refractivity contribution is -0.384. The molecule has 0 bridgehead atoms. The molecule has 7 heteroatoms. The summed E-state index contributed by atoms with van der Waals surface area (Å²) in [5.74, 6) is -0.147. The van der Waals surface area contributed by atoms with Gasteiger partial charge in [-0.25, -0.2) is 0 Å². The van der Waals surface area contributed by atoms with Crippen LogP contribution in [0.5, 0.6) is 0 Å².